The maximum atomic E-state index is 14.1. The second-order valence-electron chi connectivity index (χ2n) is 14.5. The lowest BCUT2D eigenvalue weighted by atomic mass is 9.49. The van der Waals surface area contributed by atoms with E-state index < -0.39 is 0 Å². The second kappa shape index (κ2) is 7.24. The van der Waals surface area contributed by atoms with Crippen LogP contribution in [0.25, 0.3) is 0 Å². The number of carbonyl (C=O) groups is 1. The van der Waals surface area contributed by atoms with E-state index >= 15 is 0 Å². The average molecular weight is 458 g/mol. The predicted molar refractivity (Wildman–Crippen MR) is 137 cm³/mol. The summed E-state index contributed by atoms with van der Waals surface area (Å²) in [7, 11) is 0. The monoisotopic (exact) mass is 457 g/mol. The number of amides is 1. The molecule has 4 bridgehead atoms. The fraction of sp³-hybridized carbons (Fsp3) is 0.759. The van der Waals surface area contributed by atoms with Crippen molar-refractivity contribution in [2.75, 3.05) is 5.32 Å². The zero-order chi connectivity index (χ0) is 23.9. The Labute approximate surface area is 201 Å². The van der Waals surface area contributed by atoms with Gasteiger partial charge in [0, 0.05) is 10.6 Å². The molecule has 5 rings (SSSR count). The lowest BCUT2D eigenvalue weighted by Crippen LogP contribution is -2.57. The normalized spacial score (nSPS) is 32.3. The van der Waals surface area contributed by atoms with Gasteiger partial charge in [0.2, 0.25) is 5.91 Å². The molecule has 1 aromatic carbocycles. The quantitative estimate of drug-likeness (QED) is 0.446. The summed E-state index contributed by atoms with van der Waals surface area (Å²) in [5, 5.41) is 3.55. The number of alkyl halides is 1. The Bertz CT molecular complexity index is 875. The number of hydrogen-bond donors (Lipinski definition) is 1. The van der Waals surface area contributed by atoms with Gasteiger partial charge >= 0.3 is 0 Å². The van der Waals surface area contributed by atoms with Gasteiger partial charge in [0.15, 0.2) is 0 Å². The Balaban J connectivity index is 1.80. The smallest absolute Gasteiger partial charge is 0.230 e. The zero-order valence-corrected chi connectivity index (χ0v) is 22.6. The van der Waals surface area contributed by atoms with Gasteiger partial charge in [-0.15, -0.1) is 11.6 Å². The van der Waals surface area contributed by atoms with Crippen LogP contribution in [0.4, 0.5) is 5.69 Å². The molecule has 32 heavy (non-hydrogen) atoms. The highest BCUT2D eigenvalue weighted by atomic mass is 35.5. The Kier molecular flexibility index (Phi) is 5.45. The highest BCUT2D eigenvalue weighted by Gasteiger charge is 2.60. The minimum atomic E-state index is -0.293. The van der Waals surface area contributed by atoms with Crippen molar-refractivity contribution in [1.29, 1.82) is 0 Å². The Morgan fingerprint density at radius 2 is 1.31 bits per heavy atom. The lowest BCUT2D eigenvalue weighted by Gasteiger charge is -2.59. The van der Waals surface area contributed by atoms with Crippen LogP contribution in [0.3, 0.4) is 0 Å². The summed E-state index contributed by atoms with van der Waals surface area (Å²) in [4.78, 5) is 13.9. The van der Waals surface area contributed by atoms with Gasteiger partial charge in [0.05, 0.1) is 5.41 Å². The lowest BCUT2D eigenvalue weighted by molar-refractivity contribution is -0.138. The van der Waals surface area contributed by atoms with Crippen molar-refractivity contribution in [1.82, 2.24) is 0 Å². The van der Waals surface area contributed by atoms with E-state index in [9.17, 15) is 4.79 Å². The number of anilines is 1. The van der Waals surface area contributed by atoms with E-state index in [2.05, 4.69) is 79.8 Å². The van der Waals surface area contributed by atoms with Gasteiger partial charge in [-0.3, -0.25) is 4.79 Å². The van der Waals surface area contributed by atoms with Crippen molar-refractivity contribution in [2.24, 2.45) is 17.3 Å². The summed E-state index contributed by atoms with van der Waals surface area (Å²) in [6, 6.07) is 4.68. The molecule has 0 aromatic heterocycles. The number of halogens is 1. The van der Waals surface area contributed by atoms with Crippen LogP contribution in [0, 0.1) is 17.3 Å². The molecule has 0 radical (unpaired) electrons. The summed E-state index contributed by atoms with van der Waals surface area (Å²) in [6.07, 6.45) is 6.33. The SMILES string of the molecule is CC(C)(C)c1cc(C(C)(C)C)c(NC(=O)C23CC4CC(CC(Cl)(C4)C2)C3)c(C(C)(C)C)c1. The van der Waals surface area contributed by atoms with Gasteiger partial charge in [0.25, 0.3) is 0 Å². The van der Waals surface area contributed by atoms with Crippen LogP contribution < -0.4 is 5.32 Å². The van der Waals surface area contributed by atoms with E-state index in [0.717, 1.165) is 37.8 Å². The van der Waals surface area contributed by atoms with E-state index in [1.165, 1.54) is 23.1 Å². The van der Waals surface area contributed by atoms with Crippen LogP contribution in [-0.4, -0.2) is 10.8 Å². The Morgan fingerprint density at radius 1 is 0.844 bits per heavy atom. The predicted octanol–water partition coefficient (Wildman–Crippen LogP) is 8.10. The molecule has 4 saturated carbocycles. The molecule has 0 heterocycles. The fourth-order valence-corrected chi connectivity index (χ4v) is 7.75. The first kappa shape index (κ1) is 24.1. The molecule has 2 atom stereocenters. The van der Waals surface area contributed by atoms with E-state index in [0.29, 0.717) is 11.8 Å². The first-order valence-electron chi connectivity index (χ1n) is 12.6. The summed E-state index contributed by atoms with van der Waals surface area (Å²) in [5.74, 6) is 1.45. The van der Waals surface area contributed by atoms with Gasteiger partial charge in [-0.1, -0.05) is 74.4 Å². The van der Waals surface area contributed by atoms with E-state index in [1.54, 1.807) is 0 Å². The molecular weight excluding hydrogens is 414 g/mol. The number of benzene rings is 1. The van der Waals surface area contributed by atoms with Crippen LogP contribution in [0.2, 0.25) is 0 Å². The first-order chi connectivity index (χ1) is 14.4. The molecule has 4 aliphatic rings. The average Bonchev–Trinajstić information content (AvgIpc) is 2.56. The molecule has 4 fully saturated rings. The molecule has 1 aromatic rings. The molecule has 0 saturated heterocycles. The summed E-state index contributed by atoms with van der Waals surface area (Å²) in [5.41, 5.74) is 4.48. The van der Waals surface area contributed by atoms with Crippen LogP contribution >= 0.6 is 11.6 Å². The molecule has 1 amide bonds. The van der Waals surface area contributed by atoms with Crippen molar-refractivity contribution >= 4 is 23.2 Å². The molecule has 178 valence electrons. The maximum Gasteiger partial charge on any atom is 0.230 e. The number of hydrogen-bond acceptors (Lipinski definition) is 1. The molecule has 0 spiro atoms. The second-order valence-corrected chi connectivity index (χ2v) is 15.3. The van der Waals surface area contributed by atoms with Crippen LogP contribution in [0.15, 0.2) is 12.1 Å². The number of rotatable bonds is 2. The third kappa shape index (κ3) is 4.26. The molecule has 2 nitrogen and oxygen atoms in total. The third-order valence-corrected chi connectivity index (χ3v) is 8.77. The molecular formula is C29H44ClNO. The third-order valence-electron chi connectivity index (χ3n) is 8.33. The largest absolute Gasteiger partial charge is 0.325 e. The van der Waals surface area contributed by atoms with Crippen LogP contribution in [0.1, 0.15) is 118 Å². The minimum Gasteiger partial charge on any atom is -0.325 e. The van der Waals surface area contributed by atoms with Crippen molar-refractivity contribution in [2.45, 2.75) is 122 Å². The van der Waals surface area contributed by atoms with Gasteiger partial charge in [0.1, 0.15) is 0 Å². The highest BCUT2D eigenvalue weighted by Crippen LogP contribution is 2.64. The zero-order valence-electron chi connectivity index (χ0n) is 21.8. The van der Waals surface area contributed by atoms with Crippen LogP contribution in [-0.2, 0) is 21.0 Å². The van der Waals surface area contributed by atoms with Gasteiger partial charge < -0.3 is 5.32 Å². The van der Waals surface area contributed by atoms with Crippen molar-refractivity contribution < 1.29 is 4.79 Å². The first-order valence-corrected chi connectivity index (χ1v) is 13.0. The maximum absolute atomic E-state index is 14.1. The highest BCUT2D eigenvalue weighted by molar-refractivity contribution is 6.24. The van der Waals surface area contributed by atoms with Gasteiger partial charge in [-0.05, 0) is 83.3 Å². The van der Waals surface area contributed by atoms with Crippen molar-refractivity contribution in [3.8, 4) is 0 Å². The van der Waals surface area contributed by atoms with Crippen molar-refractivity contribution in [3.63, 3.8) is 0 Å². The minimum absolute atomic E-state index is 0.0491. The van der Waals surface area contributed by atoms with E-state index in [-0.39, 0.29) is 32.4 Å². The Hall–Kier alpha value is -1.02. The number of carbonyl (C=O) groups excluding carboxylic acids is 1. The molecule has 0 aliphatic heterocycles. The van der Waals surface area contributed by atoms with E-state index in [1.807, 2.05) is 0 Å². The molecule has 3 heteroatoms. The molecule has 2 unspecified atom stereocenters. The molecule has 4 aliphatic carbocycles. The summed E-state index contributed by atoms with van der Waals surface area (Å²) < 4.78 is 0. The summed E-state index contributed by atoms with van der Waals surface area (Å²) in [6.45, 7) is 20.4. The van der Waals surface area contributed by atoms with Gasteiger partial charge in [-0.2, -0.15) is 0 Å². The van der Waals surface area contributed by atoms with E-state index in [4.69, 9.17) is 11.6 Å². The Morgan fingerprint density at radius 3 is 1.69 bits per heavy atom. The fourth-order valence-electron chi connectivity index (χ4n) is 7.06. The standard InChI is InChI=1S/C29H44ClNO/c1-25(2,3)20-11-21(26(4,5)6)23(22(12-20)27(7,8)9)31-24(32)28-13-18-10-19(14-28)16-29(30,15-18)17-28/h11-12,18-19H,10,13-17H2,1-9H3,(H,31,32). The molecule has 1 N–H and O–H groups in total. The van der Waals surface area contributed by atoms with Gasteiger partial charge in [-0.25, -0.2) is 0 Å². The number of nitrogens with one attached hydrogen (secondary N) is 1. The topological polar surface area (TPSA) is 29.1 Å². The summed E-state index contributed by atoms with van der Waals surface area (Å²) >= 11 is 7.07. The van der Waals surface area contributed by atoms with Crippen molar-refractivity contribution in [3.05, 3.63) is 28.8 Å². The van der Waals surface area contributed by atoms with Crippen LogP contribution in [0.5, 0.6) is 0 Å².